The lowest BCUT2D eigenvalue weighted by atomic mass is 9.77. The minimum Gasteiger partial charge on any atom is -0.171 e. The van der Waals surface area contributed by atoms with E-state index in [1.54, 1.807) is 0 Å². The molecule has 2 rings (SSSR count). The van der Waals surface area contributed by atoms with Gasteiger partial charge in [-0.05, 0) is 56.6 Å². The summed E-state index contributed by atoms with van der Waals surface area (Å²) < 4.78 is 37.8. The summed E-state index contributed by atoms with van der Waals surface area (Å²) >= 11 is 0. The van der Waals surface area contributed by atoms with Crippen LogP contribution in [0.4, 0.5) is 13.2 Å². The first-order valence-corrected chi connectivity index (χ1v) is 6.52. The fourth-order valence-corrected chi connectivity index (χ4v) is 3.02. The summed E-state index contributed by atoms with van der Waals surface area (Å²) in [5, 5.41) is 0. The van der Waals surface area contributed by atoms with E-state index in [9.17, 15) is 13.2 Å². The second-order valence-electron chi connectivity index (χ2n) is 5.45. The largest absolute Gasteiger partial charge is 0.391 e. The maximum Gasteiger partial charge on any atom is 0.391 e. The highest BCUT2D eigenvalue weighted by Crippen LogP contribution is 2.43. The molecule has 0 aliphatic heterocycles. The van der Waals surface area contributed by atoms with Gasteiger partial charge in [0.1, 0.15) is 0 Å². The molecule has 1 aliphatic carbocycles. The van der Waals surface area contributed by atoms with Gasteiger partial charge in [-0.1, -0.05) is 23.8 Å². The van der Waals surface area contributed by atoms with Crippen molar-refractivity contribution in [3.8, 4) is 0 Å². The average molecular weight is 256 g/mol. The van der Waals surface area contributed by atoms with Gasteiger partial charge in [-0.25, -0.2) is 0 Å². The van der Waals surface area contributed by atoms with Gasteiger partial charge in [0.05, 0.1) is 5.92 Å². The van der Waals surface area contributed by atoms with Crippen LogP contribution in [-0.2, 0) is 0 Å². The molecule has 0 radical (unpaired) electrons. The van der Waals surface area contributed by atoms with Crippen molar-refractivity contribution in [3.63, 3.8) is 0 Å². The fourth-order valence-electron chi connectivity index (χ4n) is 3.02. The molecular formula is C15H19F3. The fraction of sp³-hybridized carbons (Fsp3) is 0.600. The SMILES string of the molecule is Cc1ccc([C@H]2CC[C@@H](C(F)(F)F)CC2)c(C)c1. The zero-order chi connectivity index (χ0) is 13.3. The topological polar surface area (TPSA) is 0 Å². The molecule has 0 atom stereocenters. The van der Waals surface area contributed by atoms with E-state index < -0.39 is 12.1 Å². The molecule has 1 fully saturated rings. The second-order valence-corrected chi connectivity index (χ2v) is 5.45. The highest BCUT2D eigenvalue weighted by atomic mass is 19.4. The predicted molar refractivity (Wildman–Crippen MR) is 66.7 cm³/mol. The highest BCUT2D eigenvalue weighted by Gasteiger charge is 2.41. The van der Waals surface area contributed by atoms with Crippen molar-refractivity contribution < 1.29 is 13.2 Å². The van der Waals surface area contributed by atoms with Gasteiger partial charge in [0, 0.05) is 0 Å². The Hall–Kier alpha value is -0.990. The molecule has 0 N–H and O–H groups in total. The molecule has 0 spiro atoms. The Morgan fingerprint density at radius 3 is 2.11 bits per heavy atom. The summed E-state index contributed by atoms with van der Waals surface area (Å²) in [6.45, 7) is 4.09. The van der Waals surface area contributed by atoms with E-state index in [0.717, 1.165) is 0 Å². The van der Waals surface area contributed by atoms with Gasteiger partial charge in [-0.2, -0.15) is 13.2 Å². The van der Waals surface area contributed by atoms with Crippen LogP contribution in [0.2, 0.25) is 0 Å². The summed E-state index contributed by atoms with van der Waals surface area (Å²) in [5.74, 6) is -0.774. The Morgan fingerprint density at radius 2 is 1.61 bits per heavy atom. The molecule has 0 amide bonds. The number of hydrogen-bond acceptors (Lipinski definition) is 0. The second kappa shape index (κ2) is 4.94. The van der Waals surface area contributed by atoms with Gasteiger partial charge < -0.3 is 0 Å². The molecular weight excluding hydrogens is 237 g/mol. The molecule has 1 aromatic rings. The van der Waals surface area contributed by atoms with Crippen LogP contribution in [0.25, 0.3) is 0 Å². The van der Waals surface area contributed by atoms with E-state index in [0.29, 0.717) is 18.8 Å². The van der Waals surface area contributed by atoms with E-state index in [1.165, 1.54) is 16.7 Å². The third kappa shape index (κ3) is 2.88. The van der Waals surface area contributed by atoms with Crippen molar-refractivity contribution in [3.05, 3.63) is 34.9 Å². The van der Waals surface area contributed by atoms with Gasteiger partial charge in [-0.3, -0.25) is 0 Å². The van der Waals surface area contributed by atoms with Crippen LogP contribution in [0.3, 0.4) is 0 Å². The molecule has 1 aromatic carbocycles. The lowest BCUT2D eigenvalue weighted by molar-refractivity contribution is -0.182. The molecule has 0 aromatic heterocycles. The minimum atomic E-state index is -4.01. The Bertz CT molecular complexity index is 412. The Balaban J connectivity index is 2.06. The molecule has 0 nitrogen and oxygen atoms in total. The minimum absolute atomic E-state index is 0.279. The standard InChI is InChI=1S/C15H19F3/c1-10-3-8-14(11(2)9-10)12-4-6-13(7-5-12)15(16,17)18/h3,8-9,12-13H,4-7H2,1-2H3/t12-,13+. The summed E-state index contributed by atoms with van der Waals surface area (Å²) in [4.78, 5) is 0. The van der Waals surface area contributed by atoms with Crippen molar-refractivity contribution in [1.82, 2.24) is 0 Å². The van der Waals surface area contributed by atoms with Gasteiger partial charge in [0.15, 0.2) is 0 Å². The molecule has 0 heterocycles. The van der Waals surface area contributed by atoms with Crippen LogP contribution in [0.1, 0.15) is 48.3 Å². The normalized spacial score (nSPS) is 25.2. The molecule has 0 unspecified atom stereocenters. The average Bonchev–Trinajstić information content (AvgIpc) is 2.28. The van der Waals surface area contributed by atoms with Gasteiger partial charge in [-0.15, -0.1) is 0 Å². The molecule has 0 bridgehead atoms. The van der Waals surface area contributed by atoms with Crippen LogP contribution in [0.5, 0.6) is 0 Å². The zero-order valence-electron chi connectivity index (χ0n) is 10.8. The van der Waals surface area contributed by atoms with E-state index in [1.807, 2.05) is 6.92 Å². The van der Waals surface area contributed by atoms with Crippen molar-refractivity contribution in [1.29, 1.82) is 0 Å². The Kier molecular flexibility index (Phi) is 3.69. The number of halogens is 3. The Morgan fingerprint density at radius 1 is 1.00 bits per heavy atom. The van der Waals surface area contributed by atoms with Crippen molar-refractivity contribution in [2.45, 2.75) is 51.6 Å². The molecule has 3 heteroatoms. The quantitative estimate of drug-likeness (QED) is 0.652. The predicted octanol–water partition coefficient (Wildman–Crippen LogP) is 5.14. The molecule has 100 valence electrons. The monoisotopic (exact) mass is 256 g/mol. The number of rotatable bonds is 1. The number of aryl methyl sites for hydroxylation is 2. The van der Waals surface area contributed by atoms with Crippen LogP contribution >= 0.6 is 0 Å². The van der Waals surface area contributed by atoms with Crippen LogP contribution in [0.15, 0.2) is 18.2 Å². The summed E-state index contributed by atoms with van der Waals surface area (Å²) in [5.41, 5.74) is 3.66. The first kappa shape index (κ1) is 13.4. The van der Waals surface area contributed by atoms with Gasteiger partial charge >= 0.3 is 6.18 Å². The highest BCUT2D eigenvalue weighted by molar-refractivity contribution is 5.33. The molecule has 18 heavy (non-hydrogen) atoms. The lowest BCUT2D eigenvalue weighted by Gasteiger charge is -2.30. The lowest BCUT2D eigenvalue weighted by Crippen LogP contribution is -2.27. The van der Waals surface area contributed by atoms with E-state index in [-0.39, 0.29) is 12.8 Å². The third-order valence-electron chi connectivity index (χ3n) is 4.06. The first-order valence-electron chi connectivity index (χ1n) is 6.52. The molecule has 1 saturated carbocycles. The third-order valence-corrected chi connectivity index (χ3v) is 4.06. The number of benzene rings is 1. The van der Waals surface area contributed by atoms with E-state index >= 15 is 0 Å². The Labute approximate surface area is 106 Å². The summed E-state index contributed by atoms with van der Waals surface area (Å²) in [7, 11) is 0. The number of alkyl halides is 3. The van der Waals surface area contributed by atoms with Crippen molar-refractivity contribution >= 4 is 0 Å². The summed E-state index contributed by atoms with van der Waals surface area (Å²) in [6, 6.07) is 6.26. The molecule has 0 saturated heterocycles. The van der Waals surface area contributed by atoms with Gasteiger partial charge in [0.25, 0.3) is 0 Å². The van der Waals surface area contributed by atoms with Gasteiger partial charge in [0.2, 0.25) is 0 Å². The summed E-state index contributed by atoms with van der Waals surface area (Å²) in [6.07, 6.45) is -2.13. The van der Waals surface area contributed by atoms with Crippen LogP contribution < -0.4 is 0 Å². The van der Waals surface area contributed by atoms with E-state index in [4.69, 9.17) is 0 Å². The van der Waals surface area contributed by atoms with Crippen molar-refractivity contribution in [2.24, 2.45) is 5.92 Å². The van der Waals surface area contributed by atoms with E-state index in [2.05, 4.69) is 25.1 Å². The van der Waals surface area contributed by atoms with Crippen LogP contribution in [0, 0.1) is 19.8 Å². The molecule has 1 aliphatic rings. The maximum absolute atomic E-state index is 12.6. The number of hydrogen-bond donors (Lipinski definition) is 0. The zero-order valence-corrected chi connectivity index (χ0v) is 10.8. The first-order chi connectivity index (χ1) is 8.38. The van der Waals surface area contributed by atoms with Crippen molar-refractivity contribution in [2.75, 3.05) is 0 Å². The van der Waals surface area contributed by atoms with Crippen LogP contribution in [-0.4, -0.2) is 6.18 Å². The smallest absolute Gasteiger partial charge is 0.171 e. The maximum atomic E-state index is 12.6.